The molecule has 5 rings (SSSR count). The van der Waals surface area contributed by atoms with Crippen molar-refractivity contribution in [2.45, 2.75) is 37.4 Å². The molecule has 0 radical (unpaired) electrons. The molecule has 3 aliphatic heterocycles. The third kappa shape index (κ3) is 4.49. The van der Waals surface area contributed by atoms with Gasteiger partial charge in [-0.25, -0.2) is 0 Å². The number of benzene rings is 1. The van der Waals surface area contributed by atoms with Crippen molar-refractivity contribution in [1.29, 1.82) is 0 Å². The molecule has 2 aromatic rings. The van der Waals surface area contributed by atoms with E-state index in [2.05, 4.69) is 10.1 Å². The van der Waals surface area contributed by atoms with Crippen LogP contribution in [0.4, 0.5) is 0 Å². The quantitative estimate of drug-likeness (QED) is 0.652. The molecule has 2 amide bonds. The summed E-state index contributed by atoms with van der Waals surface area (Å²) in [5.74, 6) is -0.00127. The Morgan fingerprint density at radius 3 is 2.45 bits per heavy atom. The van der Waals surface area contributed by atoms with Gasteiger partial charge in [0.15, 0.2) is 0 Å². The van der Waals surface area contributed by atoms with Gasteiger partial charge in [-0.2, -0.15) is 0 Å². The Morgan fingerprint density at radius 1 is 0.970 bits per heavy atom. The third-order valence-electron chi connectivity index (χ3n) is 6.89. The number of halogens is 2. The summed E-state index contributed by atoms with van der Waals surface area (Å²) in [5.41, 5.74) is 0.816. The molecular formula is C23H26Cl2N4O4. The smallest absolute Gasteiger partial charge is 0.292 e. The standard InChI is InChI=1S/C23H26Cl2N4O4/c24-16-4-3-15(11-17(16)25)12-21(30)29-10-9-28(23(31)20-5-6-26-33-20)19-14-32-13-18(22(19)29)27-7-1-2-8-27/h3-6,11,18-19,22H,1-2,7-10,12-14H2/t18?,19-,22-/m1/s1. The van der Waals surface area contributed by atoms with E-state index in [1.807, 2.05) is 11.0 Å². The minimum absolute atomic E-state index is 0.0150. The number of likely N-dealkylation sites (tertiary alicyclic amines) is 1. The number of carbonyl (C=O) groups is 2. The fourth-order valence-corrected chi connectivity index (χ4v) is 5.64. The molecule has 3 atom stereocenters. The molecule has 0 bridgehead atoms. The molecule has 176 valence electrons. The van der Waals surface area contributed by atoms with Gasteiger partial charge in [0.1, 0.15) is 0 Å². The minimum Gasteiger partial charge on any atom is -0.378 e. The van der Waals surface area contributed by atoms with Crippen LogP contribution < -0.4 is 0 Å². The molecule has 0 aliphatic carbocycles. The lowest BCUT2D eigenvalue weighted by Gasteiger charge is -2.54. The molecular weight excluding hydrogens is 467 g/mol. The number of carbonyl (C=O) groups excluding carboxylic acids is 2. The van der Waals surface area contributed by atoms with E-state index < -0.39 is 0 Å². The number of rotatable bonds is 4. The highest BCUT2D eigenvalue weighted by molar-refractivity contribution is 6.42. The van der Waals surface area contributed by atoms with Crippen LogP contribution in [0.5, 0.6) is 0 Å². The SMILES string of the molecule is O=C(c1ccno1)N1CCN(C(=O)Cc2ccc(Cl)c(Cl)c2)[C@@H]2C(N3CCCC3)COC[C@H]21. The molecule has 0 saturated carbocycles. The first-order chi connectivity index (χ1) is 16.0. The van der Waals surface area contributed by atoms with Crippen molar-refractivity contribution in [3.05, 3.63) is 51.8 Å². The van der Waals surface area contributed by atoms with Gasteiger partial charge < -0.3 is 19.1 Å². The van der Waals surface area contributed by atoms with E-state index in [4.69, 9.17) is 32.5 Å². The lowest BCUT2D eigenvalue weighted by molar-refractivity contribution is -0.149. The third-order valence-corrected chi connectivity index (χ3v) is 7.63. The zero-order valence-electron chi connectivity index (χ0n) is 18.2. The van der Waals surface area contributed by atoms with Gasteiger partial charge in [0.05, 0.1) is 54.0 Å². The molecule has 10 heteroatoms. The normalized spacial score (nSPS) is 25.8. The number of amides is 2. The fraction of sp³-hybridized carbons (Fsp3) is 0.522. The largest absolute Gasteiger partial charge is 0.378 e. The van der Waals surface area contributed by atoms with Gasteiger partial charge in [0, 0.05) is 19.2 Å². The Kier molecular flexibility index (Phi) is 6.60. The molecule has 4 heterocycles. The van der Waals surface area contributed by atoms with Crippen molar-refractivity contribution in [2.75, 3.05) is 39.4 Å². The summed E-state index contributed by atoms with van der Waals surface area (Å²) in [5, 5.41) is 4.57. The number of nitrogens with zero attached hydrogens (tertiary/aromatic N) is 4. The van der Waals surface area contributed by atoms with Crippen molar-refractivity contribution in [1.82, 2.24) is 19.9 Å². The second-order valence-electron chi connectivity index (χ2n) is 8.79. The highest BCUT2D eigenvalue weighted by Crippen LogP contribution is 2.31. The van der Waals surface area contributed by atoms with E-state index in [-0.39, 0.29) is 42.1 Å². The van der Waals surface area contributed by atoms with E-state index in [0.29, 0.717) is 36.3 Å². The molecule has 1 aromatic carbocycles. The molecule has 8 nitrogen and oxygen atoms in total. The Hall–Kier alpha value is -2.13. The molecule has 1 unspecified atom stereocenters. The maximum Gasteiger partial charge on any atom is 0.292 e. The first-order valence-corrected chi connectivity index (χ1v) is 12.1. The van der Waals surface area contributed by atoms with Crippen molar-refractivity contribution >= 4 is 35.0 Å². The Bertz CT molecular complexity index is 1010. The summed E-state index contributed by atoms with van der Waals surface area (Å²) in [6, 6.07) is 6.47. The summed E-state index contributed by atoms with van der Waals surface area (Å²) < 4.78 is 11.1. The van der Waals surface area contributed by atoms with E-state index >= 15 is 0 Å². The molecule has 0 N–H and O–H groups in total. The first kappa shape index (κ1) is 22.7. The summed E-state index contributed by atoms with van der Waals surface area (Å²) in [6.45, 7) is 3.73. The summed E-state index contributed by atoms with van der Waals surface area (Å²) >= 11 is 12.2. The highest BCUT2D eigenvalue weighted by atomic mass is 35.5. The summed E-state index contributed by atoms with van der Waals surface area (Å²) in [4.78, 5) is 32.9. The van der Waals surface area contributed by atoms with Crippen LogP contribution in [0.15, 0.2) is 35.0 Å². The highest BCUT2D eigenvalue weighted by Gasteiger charge is 2.49. The predicted octanol–water partition coefficient (Wildman–Crippen LogP) is 2.74. The number of ether oxygens (including phenoxy) is 1. The van der Waals surface area contributed by atoms with Crippen molar-refractivity contribution < 1.29 is 18.8 Å². The van der Waals surface area contributed by atoms with Gasteiger partial charge in [-0.1, -0.05) is 34.4 Å². The summed E-state index contributed by atoms with van der Waals surface area (Å²) in [6.07, 6.45) is 3.95. The zero-order valence-corrected chi connectivity index (χ0v) is 19.7. The van der Waals surface area contributed by atoms with Crippen LogP contribution in [0.2, 0.25) is 10.0 Å². The van der Waals surface area contributed by atoms with Crippen LogP contribution in [0, 0.1) is 0 Å². The van der Waals surface area contributed by atoms with E-state index in [1.165, 1.54) is 6.20 Å². The average Bonchev–Trinajstić information content (AvgIpc) is 3.54. The van der Waals surface area contributed by atoms with Crippen molar-refractivity contribution in [2.24, 2.45) is 0 Å². The Morgan fingerprint density at radius 2 is 1.73 bits per heavy atom. The van der Waals surface area contributed by atoms with Crippen LogP contribution in [-0.2, 0) is 16.0 Å². The molecule has 3 fully saturated rings. The predicted molar refractivity (Wildman–Crippen MR) is 122 cm³/mol. The van der Waals surface area contributed by atoms with Crippen LogP contribution in [0.25, 0.3) is 0 Å². The van der Waals surface area contributed by atoms with Crippen molar-refractivity contribution in [3.8, 4) is 0 Å². The Labute approximate surface area is 202 Å². The summed E-state index contributed by atoms with van der Waals surface area (Å²) in [7, 11) is 0. The van der Waals surface area contributed by atoms with Gasteiger partial charge in [0.25, 0.3) is 5.91 Å². The van der Waals surface area contributed by atoms with Gasteiger partial charge in [-0.05, 0) is 43.6 Å². The molecule has 3 saturated heterocycles. The second kappa shape index (κ2) is 9.62. The molecule has 0 spiro atoms. The molecule has 33 heavy (non-hydrogen) atoms. The first-order valence-electron chi connectivity index (χ1n) is 11.3. The maximum absolute atomic E-state index is 13.5. The lowest BCUT2D eigenvalue weighted by Crippen LogP contribution is -2.72. The molecule has 3 aliphatic rings. The second-order valence-corrected chi connectivity index (χ2v) is 9.61. The van der Waals surface area contributed by atoms with Crippen LogP contribution in [-0.4, -0.2) is 89.2 Å². The number of piperazine rings is 1. The minimum atomic E-state index is -0.256. The monoisotopic (exact) mass is 492 g/mol. The van der Waals surface area contributed by atoms with Crippen LogP contribution >= 0.6 is 23.2 Å². The van der Waals surface area contributed by atoms with E-state index in [9.17, 15) is 9.59 Å². The van der Waals surface area contributed by atoms with Crippen molar-refractivity contribution in [3.63, 3.8) is 0 Å². The lowest BCUT2D eigenvalue weighted by atomic mass is 9.90. The zero-order chi connectivity index (χ0) is 22.9. The van der Waals surface area contributed by atoms with Gasteiger partial charge in [-0.3, -0.25) is 14.5 Å². The van der Waals surface area contributed by atoms with Gasteiger partial charge in [-0.15, -0.1) is 0 Å². The van der Waals surface area contributed by atoms with Gasteiger partial charge in [0.2, 0.25) is 11.7 Å². The number of fused-ring (bicyclic) bond motifs is 1. The number of hydrogen-bond acceptors (Lipinski definition) is 6. The topological polar surface area (TPSA) is 79.1 Å². The fourth-order valence-electron chi connectivity index (χ4n) is 5.31. The number of hydrogen-bond donors (Lipinski definition) is 0. The average molecular weight is 493 g/mol. The van der Waals surface area contributed by atoms with Crippen LogP contribution in [0.1, 0.15) is 29.0 Å². The number of aromatic nitrogens is 1. The Balaban J connectivity index is 1.42. The maximum atomic E-state index is 13.5. The molecule has 1 aromatic heterocycles. The van der Waals surface area contributed by atoms with E-state index in [1.54, 1.807) is 23.1 Å². The van der Waals surface area contributed by atoms with Crippen LogP contribution in [0.3, 0.4) is 0 Å². The van der Waals surface area contributed by atoms with E-state index in [0.717, 1.165) is 31.5 Å². The van der Waals surface area contributed by atoms with Gasteiger partial charge >= 0.3 is 0 Å².